The third kappa shape index (κ3) is 9.20. The van der Waals surface area contributed by atoms with Crippen LogP contribution in [0.25, 0.3) is 0 Å². The average Bonchev–Trinajstić information content (AvgIpc) is 2.86. The predicted octanol–water partition coefficient (Wildman–Crippen LogP) is 2.75. The fourth-order valence-electron chi connectivity index (χ4n) is 2.27. The highest BCUT2D eigenvalue weighted by atomic mass is 32.2. The van der Waals surface area contributed by atoms with Crippen LogP contribution in [0.3, 0.4) is 0 Å². The summed E-state index contributed by atoms with van der Waals surface area (Å²) in [7, 11) is 1.09. The molecule has 0 aliphatic rings. The van der Waals surface area contributed by atoms with E-state index in [4.69, 9.17) is 18.9 Å². The van der Waals surface area contributed by atoms with Gasteiger partial charge < -0.3 is 29.0 Å². The topological polar surface area (TPSA) is 144 Å². The van der Waals surface area contributed by atoms with E-state index in [0.29, 0.717) is 11.8 Å². The molecule has 0 aliphatic heterocycles. The molecule has 12 heteroatoms. The molecule has 0 spiro atoms. The van der Waals surface area contributed by atoms with Crippen molar-refractivity contribution >= 4 is 41.1 Å². The number of esters is 3. The van der Waals surface area contributed by atoms with E-state index in [-0.39, 0.29) is 16.9 Å². The fourth-order valence-corrected chi connectivity index (χ4v) is 2.92. The highest BCUT2D eigenvalue weighted by Crippen LogP contribution is 2.10. The van der Waals surface area contributed by atoms with Crippen molar-refractivity contribution in [1.29, 1.82) is 0 Å². The molecule has 2 aromatic rings. The van der Waals surface area contributed by atoms with E-state index < -0.39 is 48.9 Å². The van der Waals surface area contributed by atoms with Crippen LogP contribution in [0.2, 0.25) is 0 Å². The Kier molecular flexibility index (Phi) is 10.9. The van der Waals surface area contributed by atoms with Gasteiger partial charge in [0.15, 0.2) is 0 Å². The number of carbonyl (C=O) groups is 5. The van der Waals surface area contributed by atoms with Gasteiger partial charge in [0.2, 0.25) is 13.6 Å². The first-order valence-corrected chi connectivity index (χ1v) is 10.6. The monoisotopic (exact) mass is 491 g/mol. The number of carbonyl (C=O) groups excluding carboxylic acids is 5. The summed E-state index contributed by atoms with van der Waals surface area (Å²) in [6.45, 7) is -1.33. The second kappa shape index (κ2) is 14.2. The third-order valence-electron chi connectivity index (χ3n) is 3.91. The highest BCUT2D eigenvalue weighted by molar-refractivity contribution is 8.13. The van der Waals surface area contributed by atoms with E-state index in [1.54, 1.807) is 36.4 Å². The molecule has 0 bridgehead atoms. The Balaban J connectivity index is 1.71. The molecular weight excluding hydrogens is 470 g/mol. The van der Waals surface area contributed by atoms with Crippen molar-refractivity contribution in [2.24, 2.45) is 0 Å². The minimum Gasteiger partial charge on any atom is -0.467 e. The molecule has 0 aliphatic carbocycles. The van der Waals surface area contributed by atoms with Gasteiger partial charge in [-0.1, -0.05) is 36.4 Å². The molecule has 0 saturated heterocycles. The van der Waals surface area contributed by atoms with Crippen LogP contribution in [0, 0.1) is 0 Å². The van der Waals surface area contributed by atoms with E-state index in [1.807, 2.05) is 0 Å². The first-order valence-electron chi connectivity index (χ1n) is 9.65. The number of hydrogen-bond acceptors (Lipinski definition) is 11. The lowest BCUT2D eigenvalue weighted by Crippen LogP contribution is -2.44. The van der Waals surface area contributed by atoms with Crippen LogP contribution in [0.4, 0.5) is 9.59 Å². The Labute approximate surface area is 198 Å². The van der Waals surface area contributed by atoms with Gasteiger partial charge in [-0.15, -0.1) is 0 Å². The summed E-state index contributed by atoms with van der Waals surface area (Å²) >= 11 is 0.535. The van der Waals surface area contributed by atoms with Gasteiger partial charge in [0.25, 0.3) is 0 Å². The van der Waals surface area contributed by atoms with Crippen molar-refractivity contribution in [3.8, 4) is 0 Å². The highest BCUT2D eigenvalue weighted by Gasteiger charge is 2.24. The molecule has 1 atom stereocenters. The summed E-state index contributed by atoms with van der Waals surface area (Å²) in [6.07, 6.45) is -1.08. The van der Waals surface area contributed by atoms with Crippen LogP contribution in [0.15, 0.2) is 60.7 Å². The predicted molar refractivity (Wildman–Crippen MR) is 118 cm³/mol. The largest absolute Gasteiger partial charge is 0.467 e. The Morgan fingerprint density at radius 2 is 1.26 bits per heavy atom. The molecular formula is C22H21NO10S. The van der Waals surface area contributed by atoms with E-state index in [2.05, 4.69) is 10.1 Å². The van der Waals surface area contributed by atoms with E-state index >= 15 is 0 Å². The molecule has 1 N–H and O–H groups in total. The van der Waals surface area contributed by atoms with Crippen LogP contribution >= 0.6 is 11.8 Å². The minimum atomic E-state index is -1.27. The summed E-state index contributed by atoms with van der Waals surface area (Å²) in [4.78, 5) is 59.2. The molecule has 0 unspecified atom stereocenters. The molecule has 0 aromatic heterocycles. The molecule has 1 amide bonds. The van der Waals surface area contributed by atoms with Crippen molar-refractivity contribution in [3.63, 3.8) is 0 Å². The Morgan fingerprint density at radius 3 is 1.76 bits per heavy atom. The Morgan fingerprint density at radius 1 is 0.765 bits per heavy atom. The van der Waals surface area contributed by atoms with Crippen LogP contribution < -0.4 is 5.32 Å². The molecule has 0 heterocycles. The Hall–Kier alpha value is -4.06. The number of rotatable bonds is 10. The van der Waals surface area contributed by atoms with Crippen molar-refractivity contribution < 1.29 is 47.7 Å². The van der Waals surface area contributed by atoms with E-state index in [1.165, 1.54) is 24.3 Å². The van der Waals surface area contributed by atoms with Crippen LogP contribution in [-0.4, -0.2) is 61.8 Å². The molecule has 0 saturated carbocycles. The number of ether oxygens (including phenoxy) is 5. The maximum Gasteiger partial charge on any atom is 0.410 e. The second-order valence-electron chi connectivity index (χ2n) is 6.19. The number of amides is 1. The smallest absolute Gasteiger partial charge is 0.410 e. The number of methoxy groups -OCH3 is 1. The average molecular weight is 491 g/mol. The second-order valence-corrected chi connectivity index (χ2v) is 7.14. The van der Waals surface area contributed by atoms with Crippen molar-refractivity contribution in [2.75, 3.05) is 26.4 Å². The number of benzene rings is 2. The zero-order valence-corrected chi connectivity index (χ0v) is 18.8. The molecule has 34 heavy (non-hydrogen) atoms. The number of nitrogens with one attached hydrogen (secondary N) is 1. The summed E-state index contributed by atoms with van der Waals surface area (Å²) in [5.41, 5.74) is 0.553. The van der Waals surface area contributed by atoms with Gasteiger partial charge in [-0.3, -0.25) is 0 Å². The van der Waals surface area contributed by atoms with Crippen molar-refractivity contribution in [2.45, 2.75) is 6.04 Å². The van der Waals surface area contributed by atoms with Gasteiger partial charge in [0.05, 0.1) is 18.2 Å². The zero-order chi connectivity index (χ0) is 24.8. The number of hydrogen-bond donors (Lipinski definition) is 1. The summed E-state index contributed by atoms with van der Waals surface area (Å²) in [5, 5.41) is 1.33. The maximum absolute atomic E-state index is 11.9. The summed E-state index contributed by atoms with van der Waals surface area (Å²) < 4.78 is 23.7. The van der Waals surface area contributed by atoms with Gasteiger partial charge in [-0.05, 0) is 36.0 Å². The lowest BCUT2D eigenvalue weighted by atomic mass is 10.2. The van der Waals surface area contributed by atoms with Gasteiger partial charge in [-0.25, -0.2) is 24.0 Å². The zero-order valence-electron chi connectivity index (χ0n) is 18.0. The van der Waals surface area contributed by atoms with Crippen molar-refractivity contribution in [1.82, 2.24) is 5.32 Å². The molecule has 180 valence electrons. The van der Waals surface area contributed by atoms with Gasteiger partial charge in [0, 0.05) is 5.75 Å². The quantitative estimate of drug-likeness (QED) is 0.298. The van der Waals surface area contributed by atoms with Crippen LogP contribution in [0.5, 0.6) is 0 Å². The fraction of sp³-hybridized carbons (Fsp3) is 0.227. The molecule has 0 radical (unpaired) electrons. The molecule has 2 rings (SSSR count). The minimum absolute atomic E-state index is 0.267. The SMILES string of the molecule is COC(=O)[C@H](CSC(=O)OCOC(=O)c1ccccc1)NC(=O)OCOC(=O)c1ccccc1. The molecule has 0 fully saturated rings. The number of thioether (sulfide) groups is 1. The number of alkyl carbamates (subject to hydrolysis) is 1. The van der Waals surface area contributed by atoms with Crippen molar-refractivity contribution in [3.05, 3.63) is 71.8 Å². The maximum atomic E-state index is 11.9. The standard InChI is InChI=1S/C22H21NO10S/c1-29-20(26)17(23-21(27)32-13-30-18(24)15-8-4-2-5-9-15)12-34-22(28)33-14-31-19(25)16-10-6-3-7-11-16/h2-11,17H,12-14H2,1H3,(H,23,27)/t17-/m0/s1. The first-order chi connectivity index (χ1) is 16.4. The first kappa shape index (κ1) is 26.2. The molecule has 2 aromatic carbocycles. The van der Waals surface area contributed by atoms with E-state index in [0.717, 1.165) is 7.11 Å². The normalized spacial score (nSPS) is 10.9. The Bertz CT molecular complexity index is 984. The third-order valence-corrected chi connectivity index (χ3v) is 4.77. The lowest BCUT2D eigenvalue weighted by molar-refractivity contribution is -0.142. The van der Waals surface area contributed by atoms with E-state index in [9.17, 15) is 24.0 Å². The van der Waals surface area contributed by atoms with Gasteiger partial charge in [-0.2, -0.15) is 0 Å². The van der Waals surface area contributed by atoms with Crippen LogP contribution in [-0.2, 0) is 28.5 Å². The van der Waals surface area contributed by atoms with Gasteiger partial charge in [0.1, 0.15) is 6.04 Å². The molecule has 11 nitrogen and oxygen atoms in total. The summed E-state index contributed by atoms with van der Waals surface area (Å²) in [5.74, 6) is -2.50. The van der Waals surface area contributed by atoms with Crippen LogP contribution in [0.1, 0.15) is 20.7 Å². The lowest BCUT2D eigenvalue weighted by Gasteiger charge is -2.15. The summed E-state index contributed by atoms with van der Waals surface area (Å²) in [6, 6.07) is 14.9. The van der Waals surface area contributed by atoms with Gasteiger partial charge >= 0.3 is 29.3 Å².